The van der Waals surface area contributed by atoms with E-state index in [-0.39, 0.29) is 43.3 Å². The van der Waals surface area contributed by atoms with Gasteiger partial charge in [-0.05, 0) is 43.4 Å². The Bertz CT molecular complexity index is 850. The average Bonchev–Trinajstić information content (AvgIpc) is 3.27. The van der Waals surface area contributed by atoms with Crippen molar-refractivity contribution in [3.8, 4) is 6.07 Å². The van der Waals surface area contributed by atoms with Crippen LogP contribution in [0.25, 0.3) is 0 Å². The molecule has 1 saturated heterocycles. The molecule has 3 amide bonds. The fraction of sp³-hybridized carbons (Fsp3) is 0.545. The van der Waals surface area contributed by atoms with E-state index in [4.69, 9.17) is 10.00 Å². The van der Waals surface area contributed by atoms with E-state index in [1.807, 2.05) is 6.26 Å². The second kappa shape index (κ2) is 11.2. The molecule has 0 saturated carbocycles. The van der Waals surface area contributed by atoms with Gasteiger partial charge in [0, 0.05) is 19.7 Å². The van der Waals surface area contributed by atoms with Gasteiger partial charge in [-0.15, -0.1) is 0 Å². The number of thioether (sulfide) groups is 1. The normalized spacial score (nSPS) is 20.6. The molecule has 1 aromatic carbocycles. The highest BCUT2D eigenvalue weighted by atomic mass is 32.2. The minimum atomic E-state index is -0.689. The number of nitrogens with one attached hydrogen (secondary N) is 1. The van der Waals surface area contributed by atoms with Gasteiger partial charge >= 0.3 is 0 Å². The van der Waals surface area contributed by atoms with Crippen LogP contribution >= 0.6 is 11.8 Å². The fourth-order valence-electron chi connectivity index (χ4n) is 3.87. The summed E-state index contributed by atoms with van der Waals surface area (Å²) >= 11 is 1.59. The van der Waals surface area contributed by atoms with Crippen LogP contribution in [0.3, 0.4) is 0 Å². The highest BCUT2D eigenvalue weighted by molar-refractivity contribution is 7.98. The van der Waals surface area contributed by atoms with Gasteiger partial charge in [0.05, 0.1) is 29.8 Å². The molecule has 1 N–H and O–H groups in total. The molecule has 0 bridgehead atoms. The van der Waals surface area contributed by atoms with E-state index in [0.29, 0.717) is 36.6 Å². The molecule has 0 radical (unpaired) electrons. The molecule has 2 atom stereocenters. The number of para-hydroxylation sites is 1. The van der Waals surface area contributed by atoms with Crippen molar-refractivity contribution in [2.45, 2.75) is 37.8 Å². The standard InChI is InChI=1S/C22H28N4O4S/c1-31-13-9-18-22(29)26(19-8-3-2-7-17(19)21(28)24-18)15-20(27)25(11-5-10-23)14-16-6-4-12-30-16/h2-3,7-8,16,18H,4-6,9,11-15H2,1H3,(H,24,28). The van der Waals surface area contributed by atoms with Gasteiger partial charge in [-0.1, -0.05) is 12.1 Å². The van der Waals surface area contributed by atoms with Crippen molar-refractivity contribution in [2.75, 3.05) is 43.1 Å². The van der Waals surface area contributed by atoms with Gasteiger partial charge in [-0.2, -0.15) is 17.0 Å². The molecule has 2 aliphatic heterocycles. The molecular weight excluding hydrogens is 416 g/mol. The molecule has 1 fully saturated rings. The molecule has 1 aromatic rings. The zero-order valence-corrected chi connectivity index (χ0v) is 18.5. The van der Waals surface area contributed by atoms with Crippen molar-refractivity contribution in [3.05, 3.63) is 29.8 Å². The summed E-state index contributed by atoms with van der Waals surface area (Å²) in [5, 5.41) is 11.8. The first-order valence-corrected chi connectivity index (χ1v) is 11.9. The Hall–Kier alpha value is -2.57. The van der Waals surface area contributed by atoms with Crippen LogP contribution in [0.4, 0.5) is 5.69 Å². The Labute approximate surface area is 186 Å². The Morgan fingerprint density at radius 1 is 1.39 bits per heavy atom. The lowest BCUT2D eigenvalue weighted by molar-refractivity contribution is -0.133. The minimum Gasteiger partial charge on any atom is -0.376 e. The summed E-state index contributed by atoms with van der Waals surface area (Å²) in [5.41, 5.74) is 0.806. The summed E-state index contributed by atoms with van der Waals surface area (Å²) in [4.78, 5) is 42.3. The second-order valence-electron chi connectivity index (χ2n) is 7.63. The minimum absolute atomic E-state index is 0.0488. The summed E-state index contributed by atoms with van der Waals surface area (Å²) in [5.74, 6) is -0.155. The van der Waals surface area contributed by atoms with Crippen molar-refractivity contribution < 1.29 is 19.1 Å². The summed E-state index contributed by atoms with van der Waals surface area (Å²) in [7, 11) is 0. The number of rotatable bonds is 9. The molecular formula is C22H28N4O4S. The van der Waals surface area contributed by atoms with Crippen LogP contribution in [0, 0.1) is 11.3 Å². The van der Waals surface area contributed by atoms with E-state index < -0.39 is 6.04 Å². The van der Waals surface area contributed by atoms with Crippen LogP contribution in [0.15, 0.2) is 24.3 Å². The first kappa shape index (κ1) is 23.1. The molecule has 31 heavy (non-hydrogen) atoms. The third kappa shape index (κ3) is 5.77. The Morgan fingerprint density at radius 3 is 2.90 bits per heavy atom. The van der Waals surface area contributed by atoms with Crippen molar-refractivity contribution in [2.24, 2.45) is 0 Å². The van der Waals surface area contributed by atoms with Gasteiger partial charge in [-0.3, -0.25) is 14.4 Å². The monoisotopic (exact) mass is 444 g/mol. The van der Waals surface area contributed by atoms with E-state index in [9.17, 15) is 14.4 Å². The lowest BCUT2D eigenvalue weighted by atomic mass is 10.1. The highest BCUT2D eigenvalue weighted by Crippen LogP contribution is 2.25. The maximum Gasteiger partial charge on any atom is 0.254 e. The van der Waals surface area contributed by atoms with Gasteiger partial charge in [-0.25, -0.2) is 0 Å². The van der Waals surface area contributed by atoms with Crippen molar-refractivity contribution >= 4 is 35.2 Å². The Kier molecular flexibility index (Phi) is 8.32. The second-order valence-corrected chi connectivity index (χ2v) is 8.62. The van der Waals surface area contributed by atoms with E-state index in [1.165, 1.54) is 4.90 Å². The van der Waals surface area contributed by atoms with E-state index >= 15 is 0 Å². The number of anilines is 1. The largest absolute Gasteiger partial charge is 0.376 e. The Balaban J connectivity index is 1.84. The fourth-order valence-corrected chi connectivity index (χ4v) is 4.34. The van der Waals surface area contributed by atoms with Crippen LogP contribution in [0.1, 0.15) is 36.0 Å². The Morgan fingerprint density at radius 2 is 2.19 bits per heavy atom. The molecule has 8 nitrogen and oxygen atoms in total. The van der Waals surface area contributed by atoms with Crippen molar-refractivity contribution in [1.82, 2.24) is 10.2 Å². The molecule has 2 aliphatic rings. The number of amides is 3. The molecule has 0 aliphatic carbocycles. The van der Waals surface area contributed by atoms with Crippen molar-refractivity contribution in [1.29, 1.82) is 5.26 Å². The van der Waals surface area contributed by atoms with Crippen molar-refractivity contribution in [3.63, 3.8) is 0 Å². The van der Waals surface area contributed by atoms with Crippen LogP contribution in [-0.4, -0.2) is 73.0 Å². The number of benzene rings is 1. The molecule has 2 unspecified atom stereocenters. The van der Waals surface area contributed by atoms with E-state index in [0.717, 1.165) is 12.8 Å². The van der Waals surface area contributed by atoms with Gasteiger partial charge in [0.1, 0.15) is 12.6 Å². The topological polar surface area (TPSA) is 103 Å². The highest BCUT2D eigenvalue weighted by Gasteiger charge is 2.35. The van der Waals surface area contributed by atoms with Crippen LogP contribution in [-0.2, 0) is 14.3 Å². The number of nitrogens with zero attached hydrogens (tertiary/aromatic N) is 3. The van der Waals surface area contributed by atoms with Gasteiger partial charge < -0.3 is 19.9 Å². The first-order chi connectivity index (χ1) is 15.0. The number of fused-ring (bicyclic) bond motifs is 1. The maximum atomic E-state index is 13.3. The summed E-state index contributed by atoms with van der Waals surface area (Å²) in [6.07, 6.45) is 4.41. The lowest BCUT2D eigenvalue weighted by Gasteiger charge is -2.29. The van der Waals surface area contributed by atoms with E-state index in [1.54, 1.807) is 40.9 Å². The summed E-state index contributed by atoms with van der Waals surface area (Å²) in [6.45, 7) is 1.18. The average molecular weight is 445 g/mol. The third-order valence-electron chi connectivity index (χ3n) is 5.51. The molecule has 9 heteroatoms. The number of hydrogen-bond donors (Lipinski definition) is 1. The number of nitriles is 1. The zero-order chi connectivity index (χ0) is 22.2. The molecule has 166 valence electrons. The smallest absolute Gasteiger partial charge is 0.254 e. The third-order valence-corrected chi connectivity index (χ3v) is 6.15. The summed E-state index contributed by atoms with van der Waals surface area (Å²) < 4.78 is 5.66. The quantitative estimate of drug-likeness (QED) is 0.623. The first-order valence-electron chi connectivity index (χ1n) is 10.5. The van der Waals surface area contributed by atoms with Gasteiger partial charge in [0.15, 0.2) is 0 Å². The lowest BCUT2D eigenvalue weighted by Crippen LogP contribution is -2.50. The van der Waals surface area contributed by atoms with Gasteiger partial charge in [0.25, 0.3) is 5.91 Å². The number of hydrogen-bond acceptors (Lipinski definition) is 6. The van der Waals surface area contributed by atoms with Crippen LogP contribution in [0.2, 0.25) is 0 Å². The maximum absolute atomic E-state index is 13.3. The molecule has 2 heterocycles. The molecule has 0 aromatic heterocycles. The SMILES string of the molecule is CSCCC1NC(=O)c2ccccc2N(CC(=O)N(CCC#N)CC2CCCO2)C1=O. The molecule has 0 spiro atoms. The zero-order valence-electron chi connectivity index (χ0n) is 17.7. The van der Waals surface area contributed by atoms with Gasteiger partial charge in [0.2, 0.25) is 11.8 Å². The van der Waals surface area contributed by atoms with E-state index in [2.05, 4.69) is 11.4 Å². The predicted octanol–water partition coefficient (Wildman–Crippen LogP) is 1.81. The predicted molar refractivity (Wildman–Crippen MR) is 119 cm³/mol. The van der Waals surface area contributed by atoms with Crippen LogP contribution < -0.4 is 10.2 Å². The molecule has 3 rings (SSSR count). The number of carbonyl (C=O) groups excluding carboxylic acids is 3. The van der Waals surface area contributed by atoms with Crippen LogP contribution in [0.5, 0.6) is 0 Å². The number of ether oxygens (including phenoxy) is 1. The summed E-state index contributed by atoms with van der Waals surface area (Å²) in [6, 6.07) is 8.23. The number of carbonyl (C=O) groups is 3.